The molecule has 3 rings (SSSR count). The molecule has 1 aliphatic rings. The van der Waals surface area contributed by atoms with Crippen molar-refractivity contribution in [2.75, 3.05) is 11.9 Å². The van der Waals surface area contributed by atoms with Crippen molar-refractivity contribution in [1.29, 1.82) is 0 Å². The number of hydrogen-bond acceptors (Lipinski definition) is 4. The summed E-state index contributed by atoms with van der Waals surface area (Å²) in [5.41, 5.74) is 3.07. The smallest absolute Gasteiger partial charge is 0.237 e. The maximum absolute atomic E-state index is 5.78. The molecule has 2 aromatic heterocycles. The van der Waals surface area contributed by atoms with Crippen LogP contribution in [0.4, 0.5) is 5.69 Å². The van der Waals surface area contributed by atoms with Gasteiger partial charge in [-0.1, -0.05) is 6.92 Å². The van der Waals surface area contributed by atoms with Gasteiger partial charge in [-0.05, 0) is 12.5 Å². The zero-order chi connectivity index (χ0) is 12.5. The Morgan fingerprint density at radius 2 is 2.33 bits per heavy atom. The quantitative estimate of drug-likeness (QED) is 0.878. The van der Waals surface area contributed by atoms with E-state index < -0.39 is 0 Å². The molecule has 0 spiro atoms. The first-order valence-electron chi connectivity index (χ1n) is 6.16. The molecule has 2 aromatic rings. The highest BCUT2D eigenvalue weighted by Gasteiger charge is 2.19. The molecule has 3 heterocycles. The van der Waals surface area contributed by atoms with Gasteiger partial charge in [0.15, 0.2) is 0 Å². The second kappa shape index (κ2) is 4.33. The predicted octanol–water partition coefficient (Wildman–Crippen LogP) is 2.06. The standard InChI is InChI=1S/C13H16N4O/c1-3-11-7-14-12-4-9(5-15-13(12)18-11)10-6-16-17(2)8-10/h4-6,8,11,14H,3,7H2,1-2H3/t11-/m1/s1. The molecular weight excluding hydrogens is 228 g/mol. The van der Waals surface area contributed by atoms with E-state index in [4.69, 9.17) is 4.74 Å². The van der Waals surface area contributed by atoms with Crippen molar-refractivity contribution in [3.8, 4) is 17.0 Å². The van der Waals surface area contributed by atoms with Gasteiger partial charge in [0, 0.05) is 30.6 Å². The molecule has 0 saturated carbocycles. The van der Waals surface area contributed by atoms with Gasteiger partial charge in [-0.3, -0.25) is 4.68 Å². The lowest BCUT2D eigenvalue weighted by Crippen LogP contribution is -2.30. The molecule has 94 valence electrons. The molecular formula is C13H16N4O. The number of nitrogens with zero attached hydrogens (tertiary/aromatic N) is 3. The van der Waals surface area contributed by atoms with E-state index >= 15 is 0 Å². The number of nitrogens with one attached hydrogen (secondary N) is 1. The van der Waals surface area contributed by atoms with Gasteiger partial charge in [0.1, 0.15) is 6.10 Å². The topological polar surface area (TPSA) is 52.0 Å². The van der Waals surface area contributed by atoms with Crippen LogP contribution in [0.1, 0.15) is 13.3 Å². The summed E-state index contributed by atoms with van der Waals surface area (Å²) in [7, 11) is 1.91. The van der Waals surface area contributed by atoms with Crippen molar-refractivity contribution in [2.45, 2.75) is 19.4 Å². The Hall–Kier alpha value is -2.04. The fourth-order valence-corrected chi connectivity index (χ4v) is 2.05. The largest absolute Gasteiger partial charge is 0.471 e. The van der Waals surface area contributed by atoms with E-state index in [0.29, 0.717) is 5.88 Å². The Bertz CT molecular complexity index is 564. The summed E-state index contributed by atoms with van der Waals surface area (Å²) in [6.45, 7) is 2.95. The summed E-state index contributed by atoms with van der Waals surface area (Å²) in [6.07, 6.45) is 6.84. The van der Waals surface area contributed by atoms with E-state index in [2.05, 4.69) is 28.4 Å². The zero-order valence-corrected chi connectivity index (χ0v) is 10.6. The van der Waals surface area contributed by atoms with Crippen molar-refractivity contribution in [1.82, 2.24) is 14.8 Å². The minimum Gasteiger partial charge on any atom is -0.471 e. The second-order valence-electron chi connectivity index (χ2n) is 4.51. The van der Waals surface area contributed by atoms with Crippen LogP contribution in [-0.2, 0) is 7.05 Å². The molecule has 0 radical (unpaired) electrons. The molecule has 18 heavy (non-hydrogen) atoms. The van der Waals surface area contributed by atoms with Crippen LogP contribution < -0.4 is 10.1 Å². The number of hydrogen-bond donors (Lipinski definition) is 1. The average Bonchev–Trinajstić information content (AvgIpc) is 2.84. The summed E-state index contributed by atoms with van der Waals surface area (Å²) in [4.78, 5) is 4.38. The lowest BCUT2D eigenvalue weighted by Gasteiger charge is -2.25. The Kier molecular flexibility index (Phi) is 2.66. The van der Waals surface area contributed by atoms with Crippen LogP contribution in [0.3, 0.4) is 0 Å². The Morgan fingerprint density at radius 3 is 3.06 bits per heavy atom. The number of rotatable bonds is 2. The molecule has 5 nitrogen and oxygen atoms in total. The number of fused-ring (bicyclic) bond motifs is 1. The van der Waals surface area contributed by atoms with E-state index in [0.717, 1.165) is 29.8 Å². The SMILES string of the molecule is CC[C@@H]1CNc2cc(-c3cnn(C)c3)cnc2O1. The van der Waals surface area contributed by atoms with Crippen molar-refractivity contribution >= 4 is 5.69 Å². The highest BCUT2D eigenvalue weighted by Crippen LogP contribution is 2.31. The first-order valence-corrected chi connectivity index (χ1v) is 6.16. The maximum atomic E-state index is 5.78. The Balaban J connectivity index is 1.92. The molecule has 1 aliphatic heterocycles. The number of pyridine rings is 1. The van der Waals surface area contributed by atoms with Gasteiger partial charge < -0.3 is 10.1 Å². The fourth-order valence-electron chi connectivity index (χ4n) is 2.05. The molecule has 0 fully saturated rings. The third-order valence-corrected chi connectivity index (χ3v) is 3.14. The second-order valence-corrected chi connectivity index (χ2v) is 4.51. The van der Waals surface area contributed by atoms with E-state index in [9.17, 15) is 0 Å². The van der Waals surface area contributed by atoms with Crippen LogP contribution in [0.5, 0.6) is 5.88 Å². The van der Waals surface area contributed by atoms with Gasteiger partial charge in [0.25, 0.3) is 0 Å². The minimum absolute atomic E-state index is 0.217. The monoisotopic (exact) mass is 244 g/mol. The minimum atomic E-state index is 0.217. The third kappa shape index (κ3) is 1.92. The van der Waals surface area contributed by atoms with Gasteiger partial charge in [-0.2, -0.15) is 5.10 Å². The summed E-state index contributed by atoms with van der Waals surface area (Å²) < 4.78 is 7.57. The highest BCUT2D eigenvalue weighted by molar-refractivity contribution is 5.69. The van der Waals surface area contributed by atoms with Crippen LogP contribution in [-0.4, -0.2) is 27.4 Å². The summed E-state index contributed by atoms with van der Waals surface area (Å²) in [6, 6.07) is 2.06. The van der Waals surface area contributed by atoms with Crippen molar-refractivity contribution in [3.63, 3.8) is 0 Å². The van der Waals surface area contributed by atoms with Crippen molar-refractivity contribution < 1.29 is 4.74 Å². The van der Waals surface area contributed by atoms with E-state index in [-0.39, 0.29) is 6.10 Å². The van der Waals surface area contributed by atoms with Gasteiger partial charge in [0.2, 0.25) is 5.88 Å². The predicted molar refractivity (Wildman–Crippen MR) is 69.6 cm³/mol. The first-order chi connectivity index (χ1) is 8.76. The van der Waals surface area contributed by atoms with Crippen LogP contribution in [0, 0.1) is 0 Å². The molecule has 1 atom stereocenters. The van der Waals surface area contributed by atoms with E-state index in [1.165, 1.54) is 0 Å². The number of ether oxygens (including phenoxy) is 1. The lowest BCUT2D eigenvalue weighted by atomic mass is 10.1. The molecule has 5 heteroatoms. The van der Waals surface area contributed by atoms with Crippen LogP contribution in [0.25, 0.3) is 11.1 Å². The van der Waals surface area contributed by atoms with Crippen molar-refractivity contribution in [2.24, 2.45) is 7.05 Å². The zero-order valence-electron chi connectivity index (χ0n) is 10.6. The molecule has 0 aliphatic carbocycles. The lowest BCUT2D eigenvalue weighted by molar-refractivity contribution is 0.193. The number of aromatic nitrogens is 3. The van der Waals surface area contributed by atoms with Gasteiger partial charge >= 0.3 is 0 Å². The van der Waals surface area contributed by atoms with Gasteiger partial charge in [-0.25, -0.2) is 4.98 Å². The molecule has 0 amide bonds. The maximum Gasteiger partial charge on any atom is 0.237 e. The van der Waals surface area contributed by atoms with Gasteiger partial charge in [-0.15, -0.1) is 0 Å². The van der Waals surface area contributed by atoms with Crippen LogP contribution in [0.2, 0.25) is 0 Å². The van der Waals surface area contributed by atoms with E-state index in [1.807, 2.05) is 25.6 Å². The molecule has 0 aromatic carbocycles. The van der Waals surface area contributed by atoms with E-state index in [1.54, 1.807) is 4.68 Å². The van der Waals surface area contributed by atoms with Crippen LogP contribution >= 0.6 is 0 Å². The molecule has 0 bridgehead atoms. The van der Waals surface area contributed by atoms with Crippen molar-refractivity contribution in [3.05, 3.63) is 24.7 Å². The summed E-state index contributed by atoms with van der Waals surface area (Å²) >= 11 is 0. The number of anilines is 1. The first kappa shape index (κ1) is 11.1. The highest BCUT2D eigenvalue weighted by atomic mass is 16.5. The summed E-state index contributed by atoms with van der Waals surface area (Å²) in [5.74, 6) is 0.695. The third-order valence-electron chi connectivity index (χ3n) is 3.14. The number of aryl methyl sites for hydroxylation is 1. The normalized spacial score (nSPS) is 17.8. The fraction of sp³-hybridized carbons (Fsp3) is 0.385. The molecule has 0 unspecified atom stereocenters. The molecule has 0 saturated heterocycles. The summed E-state index contributed by atoms with van der Waals surface area (Å²) in [5, 5.41) is 7.53. The Labute approximate surface area is 106 Å². The Morgan fingerprint density at radius 1 is 1.44 bits per heavy atom. The van der Waals surface area contributed by atoms with Crippen LogP contribution in [0.15, 0.2) is 24.7 Å². The average molecular weight is 244 g/mol. The molecule has 1 N–H and O–H groups in total. The van der Waals surface area contributed by atoms with Gasteiger partial charge in [0.05, 0.1) is 18.4 Å².